The van der Waals surface area contributed by atoms with Crippen LogP contribution >= 0.6 is 12.4 Å². The number of anilines is 1. The molecular formula is C20H28ClN5O3. The summed E-state index contributed by atoms with van der Waals surface area (Å²) < 4.78 is 13.2. The van der Waals surface area contributed by atoms with Crippen LogP contribution in [-0.2, 0) is 4.74 Å². The van der Waals surface area contributed by atoms with Gasteiger partial charge in [0.05, 0.1) is 17.8 Å². The smallest absolute Gasteiger partial charge is 0.278 e. The fourth-order valence-electron chi connectivity index (χ4n) is 3.74. The Morgan fingerprint density at radius 1 is 1.28 bits per heavy atom. The van der Waals surface area contributed by atoms with Crippen molar-refractivity contribution in [2.45, 2.75) is 44.8 Å². The number of aromatic nitrogens is 3. The van der Waals surface area contributed by atoms with Crippen LogP contribution in [0.5, 0.6) is 5.75 Å². The van der Waals surface area contributed by atoms with Crippen LogP contribution in [0.15, 0.2) is 24.3 Å². The van der Waals surface area contributed by atoms with Gasteiger partial charge >= 0.3 is 0 Å². The maximum absolute atomic E-state index is 12.6. The molecule has 2 N–H and O–H groups in total. The number of rotatable bonds is 6. The number of carbonyl (C=O) groups is 1. The first-order valence-corrected chi connectivity index (χ1v) is 9.99. The third kappa shape index (κ3) is 5.26. The summed E-state index contributed by atoms with van der Waals surface area (Å²) in [7, 11) is 0. The van der Waals surface area contributed by atoms with Crippen molar-refractivity contribution in [2.24, 2.45) is 0 Å². The number of piperidine rings is 1. The highest BCUT2D eigenvalue weighted by molar-refractivity contribution is 6.03. The number of hydrogen-bond acceptors (Lipinski definition) is 6. The van der Waals surface area contributed by atoms with E-state index in [2.05, 4.69) is 20.9 Å². The molecule has 158 valence electrons. The highest BCUT2D eigenvalue weighted by Gasteiger charge is 2.23. The lowest BCUT2D eigenvalue weighted by molar-refractivity contribution is 0.0679. The topological polar surface area (TPSA) is 90.3 Å². The van der Waals surface area contributed by atoms with E-state index in [1.807, 2.05) is 35.9 Å². The van der Waals surface area contributed by atoms with Crippen molar-refractivity contribution in [1.29, 1.82) is 0 Å². The molecule has 2 aliphatic rings. The molecular weight excluding hydrogens is 394 g/mol. The largest absolute Gasteiger partial charge is 0.491 e. The van der Waals surface area contributed by atoms with Crippen LogP contribution in [0.4, 0.5) is 5.69 Å². The number of nitrogens with one attached hydrogen (secondary N) is 2. The summed E-state index contributed by atoms with van der Waals surface area (Å²) >= 11 is 0. The third-order valence-corrected chi connectivity index (χ3v) is 5.37. The van der Waals surface area contributed by atoms with Gasteiger partial charge in [0.15, 0.2) is 5.69 Å². The molecule has 0 aliphatic carbocycles. The molecule has 4 rings (SSSR count). The van der Waals surface area contributed by atoms with Crippen molar-refractivity contribution in [3.63, 3.8) is 0 Å². The van der Waals surface area contributed by atoms with Crippen LogP contribution in [0, 0.1) is 6.92 Å². The second-order valence-corrected chi connectivity index (χ2v) is 7.37. The van der Waals surface area contributed by atoms with E-state index in [9.17, 15) is 4.79 Å². The van der Waals surface area contributed by atoms with Crippen LogP contribution in [0.1, 0.15) is 47.9 Å². The Labute approximate surface area is 176 Å². The van der Waals surface area contributed by atoms with Gasteiger partial charge < -0.3 is 20.1 Å². The van der Waals surface area contributed by atoms with E-state index in [1.165, 1.54) is 0 Å². The monoisotopic (exact) mass is 421 g/mol. The van der Waals surface area contributed by atoms with Gasteiger partial charge in [-0.1, -0.05) is 5.21 Å². The van der Waals surface area contributed by atoms with Crippen molar-refractivity contribution in [1.82, 2.24) is 20.3 Å². The zero-order chi connectivity index (χ0) is 19.3. The molecule has 0 spiro atoms. The number of amides is 1. The normalized spacial score (nSPS) is 19.6. The lowest BCUT2D eigenvalue weighted by Gasteiger charge is -2.23. The van der Waals surface area contributed by atoms with Gasteiger partial charge in [0, 0.05) is 12.3 Å². The van der Waals surface area contributed by atoms with E-state index in [1.54, 1.807) is 0 Å². The second-order valence-electron chi connectivity index (χ2n) is 7.37. The minimum absolute atomic E-state index is 0. The minimum Gasteiger partial charge on any atom is -0.491 e. The number of carbonyl (C=O) groups excluding carboxylic acids is 1. The van der Waals surface area contributed by atoms with Gasteiger partial charge in [-0.3, -0.25) is 4.79 Å². The zero-order valence-electron chi connectivity index (χ0n) is 16.6. The lowest BCUT2D eigenvalue weighted by atomic mass is 10.1. The zero-order valence-corrected chi connectivity index (χ0v) is 17.4. The summed E-state index contributed by atoms with van der Waals surface area (Å²) in [6.45, 7) is 5.21. The predicted octanol–water partition coefficient (Wildman–Crippen LogP) is 2.74. The number of hydrogen-bond donors (Lipinski definition) is 2. The van der Waals surface area contributed by atoms with Gasteiger partial charge in [0.25, 0.3) is 5.91 Å². The molecule has 1 aromatic heterocycles. The number of halogens is 1. The quantitative estimate of drug-likeness (QED) is 0.745. The highest BCUT2D eigenvalue weighted by Crippen LogP contribution is 2.22. The fourth-order valence-corrected chi connectivity index (χ4v) is 3.74. The van der Waals surface area contributed by atoms with Gasteiger partial charge in [-0.25, -0.2) is 4.68 Å². The van der Waals surface area contributed by atoms with Gasteiger partial charge in [0.2, 0.25) is 0 Å². The molecule has 8 nitrogen and oxygen atoms in total. The number of benzene rings is 1. The summed E-state index contributed by atoms with van der Waals surface area (Å²) in [6, 6.07) is 7.66. The van der Waals surface area contributed by atoms with Crippen LogP contribution in [0.25, 0.3) is 0 Å². The fraction of sp³-hybridized carbons (Fsp3) is 0.550. The van der Waals surface area contributed by atoms with Gasteiger partial charge in [0.1, 0.15) is 12.4 Å². The van der Waals surface area contributed by atoms with Crippen molar-refractivity contribution in [3.05, 3.63) is 35.7 Å². The van der Waals surface area contributed by atoms with Crippen molar-refractivity contribution >= 4 is 24.0 Å². The summed E-state index contributed by atoms with van der Waals surface area (Å²) in [5, 5.41) is 14.6. The summed E-state index contributed by atoms with van der Waals surface area (Å²) in [5.74, 6) is 0.521. The van der Waals surface area contributed by atoms with E-state index >= 15 is 0 Å². The molecule has 2 aliphatic heterocycles. The molecule has 0 radical (unpaired) electrons. The van der Waals surface area contributed by atoms with E-state index in [0.29, 0.717) is 24.0 Å². The standard InChI is InChI=1S/C20H27N5O3.ClH/c1-14-19(23-24-25(14)16-8-10-21-11-9-16)20(26)22-15-4-6-17(7-5-15)28-13-18-3-2-12-27-18;/h4-7,16,18,21H,2-3,8-13H2,1H3,(H,22,26);1H. The van der Waals surface area contributed by atoms with Crippen LogP contribution < -0.4 is 15.4 Å². The summed E-state index contributed by atoms with van der Waals surface area (Å²) in [5.41, 5.74) is 1.88. The molecule has 3 heterocycles. The van der Waals surface area contributed by atoms with Crippen molar-refractivity contribution in [3.8, 4) is 5.75 Å². The first kappa shape index (κ1) is 21.5. The van der Waals surface area contributed by atoms with Gasteiger partial charge in [-0.2, -0.15) is 0 Å². The Bertz CT molecular complexity index is 799. The lowest BCUT2D eigenvalue weighted by Crippen LogP contribution is -2.30. The molecule has 2 fully saturated rings. The summed E-state index contributed by atoms with van der Waals surface area (Å²) in [6.07, 6.45) is 4.33. The summed E-state index contributed by atoms with van der Waals surface area (Å²) in [4.78, 5) is 12.6. The SMILES string of the molecule is Cc1c(C(=O)Nc2ccc(OCC3CCCO3)cc2)nnn1C1CCNCC1.Cl. The van der Waals surface area contributed by atoms with E-state index < -0.39 is 0 Å². The van der Waals surface area contributed by atoms with Crippen molar-refractivity contribution in [2.75, 3.05) is 31.6 Å². The van der Waals surface area contributed by atoms with E-state index in [-0.39, 0.29) is 24.4 Å². The average molecular weight is 422 g/mol. The first-order chi connectivity index (χ1) is 13.7. The Hall–Kier alpha value is -2.16. The Morgan fingerprint density at radius 2 is 2.03 bits per heavy atom. The van der Waals surface area contributed by atoms with E-state index in [0.717, 1.165) is 56.8 Å². The Kier molecular flexibility index (Phi) is 7.46. The third-order valence-electron chi connectivity index (χ3n) is 5.37. The maximum Gasteiger partial charge on any atom is 0.278 e. The molecule has 9 heteroatoms. The number of ether oxygens (including phenoxy) is 2. The van der Waals surface area contributed by atoms with Gasteiger partial charge in [-0.05, 0) is 70.0 Å². The molecule has 2 saturated heterocycles. The molecule has 1 aromatic carbocycles. The minimum atomic E-state index is -0.245. The van der Waals surface area contributed by atoms with Crippen LogP contribution in [-0.4, -0.2) is 53.3 Å². The molecule has 1 amide bonds. The van der Waals surface area contributed by atoms with Crippen LogP contribution in [0.3, 0.4) is 0 Å². The Morgan fingerprint density at radius 3 is 2.72 bits per heavy atom. The van der Waals surface area contributed by atoms with Crippen LogP contribution in [0.2, 0.25) is 0 Å². The molecule has 1 atom stereocenters. The second kappa shape index (κ2) is 10.0. The Balaban J connectivity index is 0.00000240. The molecule has 1 unspecified atom stereocenters. The van der Waals surface area contributed by atoms with Gasteiger partial charge in [-0.15, -0.1) is 17.5 Å². The average Bonchev–Trinajstić information content (AvgIpc) is 3.38. The molecule has 29 heavy (non-hydrogen) atoms. The highest BCUT2D eigenvalue weighted by atomic mass is 35.5. The molecule has 0 bridgehead atoms. The first-order valence-electron chi connectivity index (χ1n) is 9.99. The molecule has 0 saturated carbocycles. The van der Waals surface area contributed by atoms with E-state index in [4.69, 9.17) is 9.47 Å². The van der Waals surface area contributed by atoms with Crippen molar-refractivity contribution < 1.29 is 14.3 Å². The molecule has 2 aromatic rings. The predicted molar refractivity (Wildman–Crippen MR) is 112 cm³/mol. The maximum atomic E-state index is 12.6. The number of nitrogens with zero attached hydrogens (tertiary/aromatic N) is 3.